The van der Waals surface area contributed by atoms with Crippen LogP contribution in [0.4, 0.5) is 0 Å². The molecule has 0 spiro atoms. The normalized spacial score (nSPS) is 28.0. The van der Waals surface area contributed by atoms with E-state index in [0.717, 1.165) is 45.4 Å². The maximum Gasteiger partial charge on any atom is 0.225 e. The van der Waals surface area contributed by atoms with Gasteiger partial charge in [0.1, 0.15) is 0 Å². The van der Waals surface area contributed by atoms with E-state index in [2.05, 4.69) is 57.8 Å². The molecule has 2 aliphatic heterocycles. The molecule has 3 heterocycles. The lowest BCUT2D eigenvalue weighted by molar-refractivity contribution is -0.137. The van der Waals surface area contributed by atoms with Crippen LogP contribution in [0, 0.1) is 18.8 Å². The summed E-state index contributed by atoms with van der Waals surface area (Å²) < 4.78 is 0. The molecule has 2 saturated heterocycles. The number of carbonyl (C=O) groups is 1. The van der Waals surface area contributed by atoms with Crippen molar-refractivity contribution in [1.82, 2.24) is 9.80 Å². The molecule has 1 aliphatic carbocycles. The molecule has 1 aromatic heterocycles. The standard InChI is InChI=1S/C25H32N2OS/c1-18-5-4-8-21(13-18)22-16-27(25(28)20-6-2-3-7-20)24-9-11-26(15-23(22)24)14-19-10-12-29-17-19/h4-5,8,10,12-13,17,20,22-24H,2-3,6-7,9,11,14-16H2,1H3/t22-,23-,24-/m1/s1. The highest BCUT2D eigenvalue weighted by Crippen LogP contribution is 2.43. The molecule has 3 aliphatic rings. The van der Waals surface area contributed by atoms with Crippen molar-refractivity contribution in [2.75, 3.05) is 19.6 Å². The van der Waals surface area contributed by atoms with Crippen molar-refractivity contribution in [2.24, 2.45) is 11.8 Å². The molecule has 3 nitrogen and oxygen atoms in total. The predicted octanol–water partition coefficient (Wildman–Crippen LogP) is 5.06. The highest BCUT2D eigenvalue weighted by molar-refractivity contribution is 7.07. The summed E-state index contributed by atoms with van der Waals surface area (Å²) in [5.41, 5.74) is 4.18. The molecule has 5 rings (SSSR count). The summed E-state index contributed by atoms with van der Waals surface area (Å²) in [6.45, 7) is 6.35. The largest absolute Gasteiger partial charge is 0.338 e. The van der Waals surface area contributed by atoms with E-state index in [4.69, 9.17) is 0 Å². The lowest BCUT2D eigenvalue weighted by Gasteiger charge is -2.39. The molecule has 29 heavy (non-hydrogen) atoms. The van der Waals surface area contributed by atoms with Gasteiger partial charge in [0.2, 0.25) is 5.91 Å². The number of carbonyl (C=O) groups excluding carboxylic acids is 1. The van der Waals surface area contributed by atoms with E-state index in [1.54, 1.807) is 11.3 Å². The topological polar surface area (TPSA) is 23.6 Å². The van der Waals surface area contributed by atoms with E-state index in [1.807, 2.05) is 0 Å². The van der Waals surface area contributed by atoms with Gasteiger partial charge in [-0.2, -0.15) is 11.3 Å². The lowest BCUT2D eigenvalue weighted by Crippen LogP contribution is -2.48. The van der Waals surface area contributed by atoms with Crippen LogP contribution in [0.15, 0.2) is 41.1 Å². The second-order valence-corrected chi connectivity index (χ2v) is 10.2. The number of aryl methyl sites for hydroxylation is 1. The predicted molar refractivity (Wildman–Crippen MR) is 119 cm³/mol. The highest BCUT2D eigenvalue weighted by Gasteiger charge is 2.48. The second-order valence-electron chi connectivity index (χ2n) is 9.38. The molecule has 3 atom stereocenters. The lowest BCUT2D eigenvalue weighted by atomic mass is 9.81. The third kappa shape index (κ3) is 3.89. The van der Waals surface area contributed by atoms with E-state index in [9.17, 15) is 4.79 Å². The molecule has 0 radical (unpaired) electrons. The number of hydrogen-bond donors (Lipinski definition) is 0. The minimum absolute atomic E-state index is 0.288. The van der Waals surface area contributed by atoms with Crippen LogP contribution < -0.4 is 0 Å². The van der Waals surface area contributed by atoms with Crippen molar-refractivity contribution in [3.8, 4) is 0 Å². The summed E-state index contributed by atoms with van der Waals surface area (Å²) in [6.07, 6.45) is 5.79. The van der Waals surface area contributed by atoms with Crippen LogP contribution in [0.2, 0.25) is 0 Å². The molecule has 1 aromatic carbocycles. The zero-order valence-corrected chi connectivity index (χ0v) is 18.2. The third-order valence-electron chi connectivity index (χ3n) is 7.46. The van der Waals surface area contributed by atoms with Crippen molar-refractivity contribution >= 4 is 17.2 Å². The van der Waals surface area contributed by atoms with Crippen molar-refractivity contribution in [3.63, 3.8) is 0 Å². The second kappa shape index (κ2) is 8.23. The quantitative estimate of drug-likeness (QED) is 0.706. The number of rotatable bonds is 4. The first-order valence-electron chi connectivity index (χ1n) is 11.3. The zero-order valence-electron chi connectivity index (χ0n) is 17.4. The van der Waals surface area contributed by atoms with Crippen LogP contribution >= 0.6 is 11.3 Å². The Morgan fingerprint density at radius 2 is 2.00 bits per heavy atom. The molecular formula is C25H32N2OS. The maximum absolute atomic E-state index is 13.4. The van der Waals surface area contributed by atoms with Gasteiger partial charge in [-0.25, -0.2) is 0 Å². The zero-order chi connectivity index (χ0) is 19.8. The van der Waals surface area contributed by atoms with Crippen LogP contribution in [-0.4, -0.2) is 41.4 Å². The van der Waals surface area contributed by atoms with Crippen LogP contribution in [0.25, 0.3) is 0 Å². The summed E-state index contributed by atoms with van der Waals surface area (Å²) in [5.74, 6) is 1.76. The smallest absolute Gasteiger partial charge is 0.225 e. The average molecular weight is 409 g/mol. The molecule has 4 heteroatoms. The Balaban J connectivity index is 1.39. The van der Waals surface area contributed by atoms with Crippen LogP contribution in [0.1, 0.15) is 54.7 Å². The van der Waals surface area contributed by atoms with E-state index in [0.29, 0.717) is 23.8 Å². The van der Waals surface area contributed by atoms with Crippen LogP contribution in [0.5, 0.6) is 0 Å². The molecular weight excluding hydrogens is 376 g/mol. The molecule has 2 aromatic rings. The Morgan fingerprint density at radius 1 is 1.14 bits per heavy atom. The number of piperidine rings is 1. The van der Waals surface area contributed by atoms with Crippen molar-refractivity contribution < 1.29 is 4.79 Å². The maximum atomic E-state index is 13.4. The van der Waals surface area contributed by atoms with Crippen LogP contribution in [-0.2, 0) is 11.3 Å². The Bertz CT molecular complexity index is 842. The monoisotopic (exact) mass is 408 g/mol. The number of nitrogens with zero attached hydrogens (tertiary/aromatic N) is 2. The Kier molecular flexibility index (Phi) is 5.49. The van der Waals surface area contributed by atoms with Crippen molar-refractivity contribution in [3.05, 3.63) is 57.8 Å². The summed E-state index contributed by atoms with van der Waals surface area (Å²) in [6, 6.07) is 11.7. The SMILES string of the molecule is Cc1cccc([C@H]2CN(C(=O)C3CCCC3)[C@@H]3CCN(Cc4ccsc4)C[C@H]23)c1. The number of thiophene rings is 1. The fourth-order valence-electron chi connectivity index (χ4n) is 6.00. The first-order valence-corrected chi connectivity index (χ1v) is 12.2. The summed E-state index contributed by atoms with van der Waals surface area (Å²) in [7, 11) is 0. The average Bonchev–Trinajstić information content (AvgIpc) is 3.48. The number of hydrogen-bond acceptors (Lipinski definition) is 3. The third-order valence-corrected chi connectivity index (χ3v) is 8.19. The molecule has 154 valence electrons. The molecule has 3 fully saturated rings. The summed E-state index contributed by atoms with van der Waals surface area (Å²) in [4.78, 5) is 18.3. The van der Waals surface area contributed by atoms with E-state index in [1.165, 1.54) is 29.5 Å². The Labute approximate surface area is 178 Å². The molecule has 1 saturated carbocycles. The first kappa shape index (κ1) is 19.3. The van der Waals surface area contributed by atoms with Gasteiger partial charge in [0.25, 0.3) is 0 Å². The fraction of sp³-hybridized carbons (Fsp3) is 0.560. The number of amides is 1. The van der Waals surface area contributed by atoms with Gasteiger partial charge < -0.3 is 4.90 Å². The van der Waals surface area contributed by atoms with E-state index in [-0.39, 0.29) is 5.92 Å². The first-order chi connectivity index (χ1) is 14.2. The minimum Gasteiger partial charge on any atom is -0.338 e. The number of benzene rings is 1. The van der Waals surface area contributed by atoms with Gasteiger partial charge in [-0.1, -0.05) is 42.7 Å². The van der Waals surface area contributed by atoms with E-state index >= 15 is 0 Å². The number of likely N-dealkylation sites (tertiary alicyclic amines) is 2. The summed E-state index contributed by atoms with van der Waals surface area (Å²) in [5, 5.41) is 4.45. The molecule has 0 N–H and O–H groups in total. The molecule has 0 unspecified atom stereocenters. The van der Waals surface area contributed by atoms with Gasteiger partial charge in [-0.05, 0) is 54.1 Å². The van der Waals surface area contributed by atoms with Gasteiger partial charge in [0, 0.05) is 50.0 Å². The molecule has 1 amide bonds. The Hall–Kier alpha value is -1.65. The van der Waals surface area contributed by atoms with E-state index < -0.39 is 0 Å². The van der Waals surface area contributed by atoms with Gasteiger partial charge in [-0.3, -0.25) is 9.69 Å². The van der Waals surface area contributed by atoms with Gasteiger partial charge in [0.05, 0.1) is 0 Å². The number of fused-ring (bicyclic) bond motifs is 1. The van der Waals surface area contributed by atoms with Crippen molar-refractivity contribution in [1.29, 1.82) is 0 Å². The van der Waals surface area contributed by atoms with Gasteiger partial charge in [0.15, 0.2) is 0 Å². The highest BCUT2D eigenvalue weighted by atomic mass is 32.1. The van der Waals surface area contributed by atoms with Gasteiger partial charge in [-0.15, -0.1) is 0 Å². The summed E-state index contributed by atoms with van der Waals surface area (Å²) >= 11 is 1.79. The fourth-order valence-corrected chi connectivity index (χ4v) is 6.66. The van der Waals surface area contributed by atoms with Gasteiger partial charge >= 0.3 is 0 Å². The van der Waals surface area contributed by atoms with Crippen molar-refractivity contribution in [2.45, 2.75) is 57.5 Å². The Morgan fingerprint density at radius 3 is 2.76 bits per heavy atom. The van der Waals surface area contributed by atoms with Crippen LogP contribution in [0.3, 0.4) is 0 Å². The minimum atomic E-state index is 0.288. The molecule has 0 bridgehead atoms.